The Bertz CT molecular complexity index is 483. The predicted octanol–water partition coefficient (Wildman–Crippen LogP) is -0.0955. The first-order chi connectivity index (χ1) is 8.76. The van der Waals surface area contributed by atoms with Crippen LogP contribution < -0.4 is 10.2 Å². The molecule has 0 saturated carbocycles. The SMILES string of the molecule is CNC(=O)C1COCCN1c1ccnc(C#N)c1. The van der Waals surface area contributed by atoms with E-state index in [4.69, 9.17) is 10.00 Å². The first kappa shape index (κ1) is 12.3. The number of pyridine rings is 1. The van der Waals surface area contributed by atoms with Crippen molar-refractivity contribution < 1.29 is 9.53 Å². The third kappa shape index (κ3) is 2.41. The third-order valence-electron chi connectivity index (χ3n) is 2.87. The number of anilines is 1. The van der Waals surface area contributed by atoms with Gasteiger partial charge < -0.3 is 15.0 Å². The number of rotatable bonds is 2. The Morgan fingerprint density at radius 1 is 1.72 bits per heavy atom. The molecule has 1 unspecified atom stereocenters. The highest BCUT2D eigenvalue weighted by atomic mass is 16.5. The number of nitrogens with zero attached hydrogens (tertiary/aromatic N) is 3. The van der Waals surface area contributed by atoms with Crippen LogP contribution in [0.1, 0.15) is 5.69 Å². The summed E-state index contributed by atoms with van der Waals surface area (Å²) in [6, 6.07) is 5.11. The minimum Gasteiger partial charge on any atom is -0.377 e. The number of ether oxygens (including phenoxy) is 1. The highest BCUT2D eigenvalue weighted by Crippen LogP contribution is 2.20. The fourth-order valence-corrected chi connectivity index (χ4v) is 1.96. The number of aromatic nitrogens is 1. The summed E-state index contributed by atoms with van der Waals surface area (Å²) in [5.41, 5.74) is 1.16. The van der Waals surface area contributed by atoms with Crippen LogP contribution in [0.4, 0.5) is 5.69 Å². The van der Waals surface area contributed by atoms with Crippen LogP contribution in [0.25, 0.3) is 0 Å². The van der Waals surface area contributed by atoms with Gasteiger partial charge in [0.1, 0.15) is 17.8 Å². The van der Waals surface area contributed by atoms with E-state index in [1.54, 1.807) is 25.4 Å². The van der Waals surface area contributed by atoms with Crippen molar-refractivity contribution in [3.05, 3.63) is 24.0 Å². The number of hydrogen-bond acceptors (Lipinski definition) is 5. The van der Waals surface area contributed by atoms with Crippen LogP contribution in [0.15, 0.2) is 18.3 Å². The molecule has 0 radical (unpaired) electrons. The molecule has 0 bridgehead atoms. The number of nitrogens with one attached hydrogen (secondary N) is 1. The van der Waals surface area contributed by atoms with Crippen LogP contribution in [0.5, 0.6) is 0 Å². The zero-order chi connectivity index (χ0) is 13.0. The monoisotopic (exact) mass is 246 g/mol. The molecular formula is C12H14N4O2. The second-order valence-electron chi connectivity index (χ2n) is 3.91. The van der Waals surface area contributed by atoms with E-state index in [1.165, 1.54) is 0 Å². The highest BCUT2D eigenvalue weighted by Gasteiger charge is 2.29. The molecule has 1 aromatic rings. The molecular weight excluding hydrogens is 232 g/mol. The van der Waals surface area contributed by atoms with Crippen molar-refractivity contribution in [2.24, 2.45) is 0 Å². The summed E-state index contributed by atoms with van der Waals surface area (Å²) in [5, 5.41) is 11.5. The number of hydrogen-bond donors (Lipinski definition) is 1. The fraction of sp³-hybridized carbons (Fsp3) is 0.417. The number of nitriles is 1. The van der Waals surface area contributed by atoms with Gasteiger partial charge in [-0.3, -0.25) is 4.79 Å². The second-order valence-corrected chi connectivity index (χ2v) is 3.91. The Labute approximate surface area is 105 Å². The van der Waals surface area contributed by atoms with Crippen LogP contribution in [0.3, 0.4) is 0 Å². The quantitative estimate of drug-likeness (QED) is 0.788. The maximum atomic E-state index is 11.8. The highest BCUT2D eigenvalue weighted by molar-refractivity contribution is 5.85. The smallest absolute Gasteiger partial charge is 0.244 e. The summed E-state index contributed by atoms with van der Waals surface area (Å²) in [5.74, 6) is -0.0926. The summed E-state index contributed by atoms with van der Waals surface area (Å²) in [7, 11) is 1.60. The van der Waals surface area contributed by atoms with Crippen LogP contribution in [0.2, 0.25) is 0 Å². The van der Waals surface area contributed by atoms with E-state index in [2.05, 4.69) is 10.3 Å². The van der Waals surface area contributed by atoms with Gasteiger partial charge in [0.2, 0.25) is 5.91 Å². The molecule has 1 atom stereocenters. The van der Waals surface area contributed by atoms with Gasteiger partial charge in [-0.2, -0.15) is 5.26 Å². The van der Waals surface area contributed by atoms with E-state index in [0.717, 1.165) is 5.69 Å². The topological polar surface area (TPSA) is 78.2 Å². The average Bonchev–Trinajstić information content (AvgIpc) is 2.46. The van der Waals surface area contributed by atoms with Gasteiger partial charge in [0.05, 0.1) is 13.2 Å². The van der Waals surface area contributed by atoms with Crippen LogP contribution in [-0.4, -0.2) is 43.7 Å². The zero-order valence-corrected chi connectivity index (χ0v) is 10.1. The normalized spacial score (nSPS) is 19.1. The lowest BCUT2D eigenvalue weighted by molar-refractivity contribution is -0.124. The minimum absolute atomic E-state index is 0.0926. The van der Waals surface area contributed by atoms with Crippen LogP contribution >= 0.6 is 0 Å². The summed E-state index contributed by atoms with van der Waals surface area (Å²) >= 11 is 0. The van der Waals surface area contributed by atoms with E-state index in [1.807, 2.05) is 11.0 Å². The summed E-state index contributed by atoms with van der Waals surface area (Å²) in [6.45, 7) is 1.54. The van der Waals surface area contributed by atoms with Gasteiger partial charge in [0.15, 0.2) is 0 Å². The molecule has 2 heterocycles. The molecule has 0 aromatic carbocycles. The Hall–Kier alpha value is -2.13. The maximum Gasteiger partial charge on any atom is 0.244 e. The van der Waals surface area contributed by atoms with Crippen molar-refractivity contribution in [2.75, 3.05) is 31.7 Å². The van der Waals surface area contributed by atoms with Crippen molar-refractivity contribution >= 4 is 11.6 Å². The molecule has 6 nitrogen and oxygen atoms in total. The number of likely N-dealkylation sites (N-methyl/N-ethyl adjacent to an activating group) is 1. The summed E-state index contributed by atoms with van der Waals surface area (Å²) < 4.78 is 5.33. The number of carbonyl (C=O) groups is 1. The Balaban J connectivity index is 2.28. The first-order valence-corrected chi connectivity index (χ1v) is 5.68. The molecule has 1 N–H and O–H groups in total. The Morgan fingerprint density at radius 2 is 2.56 bits per heavy atom. The maximum absolute atomic E-state index is 11.8. The summed E-state index contributed by atoms with van der Waals surface area (Å²) in [4.78, 5) is 17.7. The van der Waals surface area contributed by atoms with Crippen LogP contribution in [0, 0.1) is 11.3 Å². The molecule has 1 saturated heterocycles. The number of morpholine rings is 1. The number of carbonyl (C=O) groups excluding carboxylic acids is 1. The largest absolute Gasteiger partial charge is 0.377 e. The lowest BCUT2D eigenvalue weighted by Gasteiger charge is -2.36. The van der Waals surface area contributed by atoms with E-state index in [-0.39, 0.29) is 11.9 Å². The summed E-state index contributed by atoms with van der Waals surface area (Å²) in [6.07, 6.45) is 1.57. The van der Waals surface area contributed by atoms with E-state index >= 15 is 0 Å². The Kier molecular flexibility index (Phi) is 3.75. The van der Waals surface area contributed by atoms with Gasteiger partial charge in [0.25, 0.3) is 0 Å². The molecule has 6 heteroatoms. The van der Waals surface area contributed by atoms with Crippen molar-refractivity contribution in [1.29, 1.82) is 5.26 Å². The first-order valence-electron chi connectivity index (χ1n) is 5.68. The second kappa shape index (κ2) is 5.47. The molecule has 1 amide bonds. The van der Waals surface area contributed by atoms with E-state index in [9.17, 15) is 4.79 Å². The minimum atomic E-state index is -0.363. The van der Waals surface area contributed by atoms with Crippen molar-refractivity contribution in [1.82, 2.24) is 10.3 Å². The van der Waals surface area contributed by atoms with Gasteiger partial charge in [-0.25, -0.2) is 4.98 Å². The molecule has 18 heavy (non-hydrogen) atoms. The molecule has 94 valence electrons. The van der Waals surface area contributed by atoms with Gasteiger partial charge >= 0.3 is 0 Å². The van der Waals surface area contributed by atoms with E-state index in [0.29, 0.717) is 25.5 Å². The number of amides is 1. The molecule has 0 aliphatic carbocycles. The van der Waals surface area contributed by atoms with Crippen molar-refractivity contribution in [3.8, 4) is 6.07 Å². The predicted molar refractivity (Wildman–Crippen MR) is 65.0 cm³/mol. The van der Waals surface area contributed by atoms with Gasteiger partial charge in [-0.1, -0.05) is 0 Å². The zero-order valence-electron chi connectivity index (χ0n) is 10.1. The fourth-order valence-electron chi connectivity index (χ4n) is 1.96. The molecule has 1 aliphatic heterocycles. The molecule has 1 aromatic heterocycles. The third-order valence-corrected chi connectivity index (χ3v) is 2.87. The van der Waals surface area contributed by atoms with Crippen molar-refractivity contribution in [3.63, 3.8) is 0 Å². The molecule has 1 fully saturated rings. The standard InChI is InChI=1S/C12H14N4O2/c1-14-12(17)11-8-18-5-4-16(11)10-2-3-15-9(6-10)7-13/h2-3,6,11H,4-5,8H2,1H3,(H,14,17). The molecule has 0 spiro atoms. The molecule has 1 aliphatic rings. The lowest BCUT2D eigenvalue weighted by atomic mass is 10.1. The van der Waals surface area contributed by atoms with Crippen molar-refractivity contribution in [2.45, 2.75) is 6.04 Å². The van der Waals surface area contributed by atoms with Gasteiger partial charge in [-0.05, 0) is 12.1 Å². The average molecular weight is 246 g/mol. The van der Waals surface area contributed by atoms with Gasteiger partial charge in [-0.15, -0.1) is 0 Å². The van der Waals surface area contributed by atoms with Gasteiger partial charge in [0, 0.05) is 25.5 Å². The lowest BCUT2D eigenvalue weighted by Crippen LogP contribution is -2.53. The molecule has 2 rings (SSSR count). The Morgan fingerprint density at radius 3 is 3.28 bits per heavy atom. The van der Waals surface area contributed by atoms with E-state index < -0.39 is 0 Å². The van der Waals surface area contributed by atoms with Crippen LogP contribution in [-0.2, 0) is 9.53 Å².